The van der Waals surface area contributed by atoms with Crippen molar-refractivity contribution in [3.05, 3.63) is 0 Å². The van der Waals surface area contributed by atoms with Gasteiger partial charge in [-0.1, -0.05) is 0 Å². The fourth-order valence-corrected chi connectivity index (χ4v) is 2.58. The van der Waals surface area contributed by atoms with Crippen LogP contribution < -0.4 is 9.44 Å². The van der Waals surface area contributed by atoms with E-state index in [2.05, 4.69) is 4.74 Å². The summed E-state index contributed by atoms with van der Waals surface area (Å²) >= 11 is 0. The van der Waals surface area contributed by atoms with Gasteiger partial charge in [-0.3, -0.25) is 4.79 Å². The predicted octanol–water partition coefficient (Wildman–Crippen LogP) is -0.570. The Balaban J connectivity index is 2.80. The number of carbonyl (C=O) groups is 2. The molecule has 0 aromatic rings. The Hall–Kier alpha value is -1.35. The monoisotopic (exact) mass is 266 g/mol. The van der Waals surface area contributed by atoms with Crippen LogP contribution in [0.15, 0.2) is 0 Å². The van der Waals surface area contributed by atoms with E-state index in [-0.39, 0.29) is 5.92 Å². The number of hydrogen-bond donors (Lipinski definition) is 3. The Kier molecular flexibility index (Phi) is 3.62. The molecular weight excluding hydrogens is 252 g/mol. The molecule has 1 aliphatic rings. The molecule has 0 aromatic carbocycles. The van der Waals surface area contributed by atoms with Crippen LogP contribution in [0.3, 0.4) is 0 Å². The first-order valence-corrected chi connectivity index (χ1v) is 6.32. The minimum absolute atomic E-state index is 0.269. The van der Waals surface area contributed by atoms with Gasteiger partial charge < -0.3 is 9.84 Å². The Morgan fingerprint density at radius 2 is 1.94 bits per heavy atom. The Bertz CT molecular complexity index is 429. The topological polar surface area (TPSA) is 122 Å². The molecule has 1 unspecified atom stereocenters. The van der Waals surface area contributed by atoms with E-state index >= 15 is 0 Å². The van der Waals surface area contributed by atoms with Gasteiger partial charge in [0.15, 0.2) is 0 Å². The van der Waals surface area contributed by atoms with E-state index in [1.807, 2.05) is 4.72 Å². The van der Waals surface area contributed by atoms with Crippen LogP contribution >= 0.6 is 0 Å². The maximum absolute atomic E-state index is 11.5. The van der Waals surface area contributed by atoms with Gasteiger partial charge in [0, 0.05) is 0 Å². The van der Waals surface area contributed by atoms with Crippen LogP contribution in [0.5, 0.6) is 0 Å². The molecule has 1 amide bonds. The molecule has 8 nitrogen and oxygen atoms in total. The third-order valence-corrected chi connectivity index (χ3v) is 3.72. The van der Waals surface area contributed by atoms with Crippen LogP contribution in [0, 0.1) is 5.92 Å². The number of carbonyl (C=O) groups excluding carboxylic acids is 1. The SMILES string of the molecule is COC(=O)NS(=O)(=O)NC(C)(C(=O)O)C1CC1. The first kappa shape index (κ1) is 13.7. The van der Waals surface area contributed by atoms with E-state index < -0.39 is 27.8 Å². The third kappa shape index (κ3) is 3.30. The maximum Gasteiger partial charge on any atom is 0.421 e. The predicted molar refractivity (Wildman–Crippen MR) is 56.4 cm³/mol. The summed E-state index contributed by atoms with van der Waals surface area (Å²) in [6.07, 6.45) is 0.0774. The summed E-state index contributed by atoms with van der Waals surface area (Å²) in [5, 5.41) is 9.03. The zero-order chi connectivity index (χ0) is 13.3. The molecule has 98 valence electrons. The van der Waals surface area contributed by atoms with Gasteiger partial charge >= 0.3 is 22.3 Å². The number of ether oxygens (including phenoxy) is 1. The molecule has 1 aliphatic carbocycles. The van der Waals surface area contributed by atoms with E-state index in [0.717, 1.165) is 7.11 Å². The molecule has 0 heterocycles. The molecule has 0 spiro atoms. The van der Waals surface area contributed by atoms with E-state index in [1.54, 1.807) is 0 Å². The summed E-state index contributed by atoms with van der Waals surface area (Å²) in [6.45, 7) is 1.27. The van der Waals surface area contributed by atoms with Crippen LogP contribution in [0.2, 0.25) is 0 Å². The minimum Gasteiger partial charge on any atom is -0.480 e. The van der Waals surface area contributed by atoms with E-state index in [1.165, 1.54) is 11.6 Å². The molecule has 1 saturated carbocycles. The van der Waals surface area contributed by atoms with Gasteiger partial charge in [-0.15, -0.1) is 0 Å². The Morgan fingerprint density at radius 1 is 1.41 bits per heavy atom. The third-order valence-electron chi connectivity index (χ3n) is 2.59. The summed E-state index contributed by atoms with van der Waals surface area (Å²) in [5.74, 6) is -1.55. The second kappa shape index (κ2) is 4.49. The van der Waals surface area contributed by atoms with Crippen molar-refractivity contribution in [1.82, 2.24) is 9.44 Å². The number of hydrogen-bond acceptors (Lipinski definition) is 5. The van der Waals surface area contributed by atoms with Crippen molar-refractivity contribution in [1.29, 1.82) is 0 Å². The lowest BCUT2D eigenvalue weighted by atomic mass is 9.98. The second-order valence-corrected chi connectivity index (χ2v) is 5.40. The van der Waals surface area contributed by atoms with Gasteiger partial charge in [-0.05, 0) is 25.7 Å². The van der Waals surface area contributed by atoms with Crippen molar-refractivity contribution in [2.45, 2.75) is 25.3 Å². The molecule has 17 heavy (non-hydrogen) atoms. The van der Waals surface area contributed by atoms with Crippen molar-refractivity contribution < 1.29 is 27.9 Å². The lowest BCUT2D eigenvalue weighted by molar-refractivity contribution is -0.144. The molecule has 0 radical (unpaired) electrons. The van der Waals surface area contributed by atoms with Crippen molar-refractivity contribution in [2.24, 2.45) is 5.92 Å². The number of methoxy groups -OCH3 is 1. The Labute approximate surface area is 98.5 Å². The summed E-state index contributed by atoms with van der Waals surface area (Å²) in [4.78, 5) is 21.8. The highest BCUT2D eigenvalue weighted by Gasteiger charge is 2.50. The molecule has 0 aromatic heterocycles. The largest absolute Gasteiger partial charge is 0.480 e. The van der Waals surface area contributed by atoms with Crippen molar-refractivity contribution in [3.8, 4) is 0 Å². The lowest BCUT2D eigenvalue weighted by Crippen LogP contribution is -2.57. The van der Waals surface area contributed by atoms with Gasteiger partial charge in [-0.25, -0.2) is 9.52 Å². The van der Waals surface area contributed by atoms with E-state index in [0.29, 0.717) is 12.8 Å². The average molecular weight is 266 g/mol. The number of carboxylic acid groups (broad SMARTS) is 1. The summed E-state index contributed by atoms with van der Waals surface area (Å²) in [6, 6.07) is 0. The van der Waals surface area contributed by atoms with E-state index in [4.69, 9.17) is 5.11 Å². The quantitative estimate of drug-likeness (QED) is 0.612. The second-order valence-electron chi connectivity index (χ2n) is 3.98. The fraction of sp³-hybridized carbons (Fsp3) is 0.750. The van der Waals surface area contributed by atoms with Gasteiger partial charge in [0.1, 0.15) is 5.54 Å². The number of amides is 1. The number of nitrogens with one attached hydrogen (secondary N) is 2. The first-order chi connectivity index (χ1) is 7.71. The molecule has 1 fully saturated rings. The molecule has 1 atom stereocenters. The van der Waals surface area contributed by atoms with Crippen molar-refractivity contribution in [3.63, 3.8) is 0 Å². The zero-order valence-electron chi connectivity index (χ0n) is 9.39. The molecule has 0 saturated heterocycles. The number of carboxylic acids is 1. The van der Waals surface area contributed by atoms with Crippen molar-refractivity contribution in [2.75, 3.05) is 7.11 Å². The van der Waals surface area contributed by atoms with Crippen LogP contribution in [0.4, 0.5) is 4.79 Å². The van der Waals surface area contributed by atoms with Crippen LogP contribution in [0.1, 0.15) is 19.8 Å². The standard InChI is InChI=1S/C8H14N2O6S/c1-8(6(11)12,5-3-4-5)10-17(14,15)9-7(13)16-2/h5,10H,3-4H2,1-2H3,(H,9,13)(H,11,12). The number of rotatable bonds is 5. The smallest absolute Gasteiger partial charge is 0.421 e. The first-order valence-electron chi connectivity index (χ1n) is 4.84. The molecular formula is C8H14N2O6S. The molecule has 1 rings (SSSR count). The molecule has 3 N–H and O–H groups in total. The average Bonchev–Trinajstić information content (AvgIpc) is 2.98. The van der Waals surface area contributed by atoms with Gasteiger partial charge in [0.25, 0.3) is 0 Å². The van der Waals surface area contributed by atoms with Crippen LogP contribution in [0.25, 0.3) is 0 Å². The van der Waals surface area contributed by atoms with Crippen LogP contribution in [-0.2, 0) is 19.7 Å². The van der Waals surface area contributed by atoms with Gasteiger partial charge in [0.05, 0.1) is 7.11 Å². The minimum atomic E-state index is -4.26. The highest BCUT2D eigenvalue weighted by molar-refractivity contribution is 7.88. The normalized spacial score (nSPS) is 19.2. The fourth-order valence-electron chi connectivity index (χ4n) is 1.42. The molecule has 9 heteroatoms. The van der Waals surface area contributed by atoms with E-state index in [9.17, 15) is 18.0 Å². The molecule has 0 bridgehead atoms. The van der Waals surface area contributed by atoms with Crippen molar-refractivity contribution >= 4 is 22.3 Å². The highest BCUT2D eigenvalue weighted by atomic mass is 32.2. The summed E-state index contributed by atoms with van der Waals surface area (Å²) in [7, 11) is -3.25. The summed E-state index contributed by atoms with van der Waals surface area (Å²) < 4.78 is 30.5. The maximum atomic E-state index is 11.5. The lowest BCUT2D eigenvalue weighted by Gasteiger charge is -2.25. The van der Waals surface area contributed by atoms with Gasteiger partial charge in [-0.2, -0.15) is 13.1 Å². The highest BCUT2D eigenvalue weighted by Crippen LogP contribution is 2.40. The van der Waals surface area contributed by atoms with Crippen LogP contribution in [-0.4, -0.2) is 38.2 Å². The Morgan fingerprint density at radius 3 is 2.29 bits per heavy atom. The molecule has 0 aliphatic heterocycles. The van der Waals surface area contributed by atoms with Gasteiger partial charge in [0.2, 0.25) is 0 Å². The summed E-state index contributed by atoms with van der Waals surface area (Å²) in [5.41, 5.74) is -1.61. The number of aliphatic carboxylic acids is 1. The zero-order valence-corrected chi connectivity index (χ0v) is 10.2.